The third-order valence-electron chi connectivity index (χ3n) is 5.66. The van der Waals surface area contributed by atoms with Crippen LogP contribution < -0.4 is 4.74 Å². The van der Waals surface area contributed by atoms with Gasteiger partial charge >= 0.3 is 0 Å². The van der Waals surface area contributed by atoms with E-state index in [1.165, 1.54) is 25.7 Å². The van der Waals surface area contributed by atoms with Gasteiger partial charge in [-0.3, -0.25) is 0 Å². The Morgan fingerprint density at radius 1 is 0.929 bits per heavy atom. The van der Waals surface area contributed by atoms with Crippen molar-refractivity contribution in [1.29, 1.82) is 0 Å². The van der Waals surface area contributed by atoms with E-state index in [0.717, 1.165) is 31.6 Å². The van der Waals surface area contributed by atoms with Gasteiger partial charge in [-0.2, -0.15) is 4.39 Å². The molecule has 0 amide bonds. The van der Waals surface area contributed by atoms with E-state index in [1.807, 2.05) is 0 Å². The van der Waals surface area contributed by atoms with Gasteiger partial charge < -0.3 is 9.16 Å². The molecule has 0 heterocycles. The second-order valence-corrected chi connectivity index (χ2v) is 13.7. The smallest absolute Gasteiger partial charge is 0.200 e. The van der Waals surface area contributed by atoms with E-state index in [2.05, 4.69) is 26.6 Å². The molecule has 160 valence electrons. The third-order valence-corrected chi connectivity index (χ3v) is 6.73. The topological polar surface area (TPSA) is 18.5 Å². The Morgan fingerprint density at radius 2 is 1.64 bits per heavy atom. The van der Waals surface area contributed by atoms with Gasteiger partial charge in [0.2, 0.25) is 5.82 Å². The van der Waals surface area contributed by atoms with Gasteiger partial charge in [-0.15, -0.1) is 0 Å². The molecule has 1 saturated carbocycles. The molecular formula is C23H38F2O2Si. The molecule has 0 aliphatic heterocycles. The van der Waals surface area contributed by atoms with Gasteiger partial charge in [0.1, 0.15) is 0 Å². The molecule has 2 nitrogen and oxygen atoms in total. The number of ether oxygens (including phenoxy) is 1. The highest BCUT2D eigenvalue weighted by atomic mass is 28.4. The summed E-state index contributed by atoms with van der Waals surface area (Å²) in [5.41, 5.74) is 0.527. The van der Waals surface area contributed by atoms with Crippen molar-refractivity contribution < 1.29 is 17.9 Å². The maximum atomic E-state index is 14.6. The maximum absolute atomic E-state index is 14.6. The standard InChI is InChI=1S/C23H38F2O2Si/c1-5-6-7-9-18-10-12-19(13-11-18)20-14-15-21(23(25)22(20)24)26-16-8-17-27-28(2,3)4/h14-15,18-19H,5-13,16-17H2,1-4H3. The minimum absolute atomic E-state index is 0.0162. The molecule has 0 atom stereocenters. The molecule has 28 heavy (non-hydrogen) atoms. The Bertz CT molecular complexity index is 593. The summed E-state index contributed by atoms with van der Waals surface area (Å²) < 4.78 is 40.3. The average Bonchev–Trinajstić information content (AvgIpc) is 2.65. The second-order valence-electron chi connectivity index (χ2n) is 9.16. The molecule has 1 aromatic rings. The molecule has 0 saturated heterocycles. The summed E-state index contributed by atoms with van der Waals surface area (Å²) in [6.07, 6.45) is 9.98. The highest BCUT2D eigenvalue weighted by Gasteiger charge is 2.26. The first kappa shape index (κ1) is 23.3. The normalized spacial score (nSPS) is 20.4. The van der Waals surface area contributed by atoms with Crippen LogP contribution in [0.25, 0.3) is 0 Å². The van der Waals surface area contributed by atoms with Gasteiger partial charge in [-0.05, 0) is 68.8 Å². The molecule has 1 fully saturated rings. The van der Waals surface area contributed by atoms with Crippen molar-refractivity contribution in [2.45, 2.75) is 90.3 Å². The molecule has 1 aliphatic rings. The SMILES string of the molecule is CCCCCC1CCC(c2ccc(OCCCO[Si](C)(C)C)c(F)c2F)CC1. The lowest BCUT2D eigenvalue weighted by Crippen LogP contribution is -2.26. The molecule has 0 radical (unpaired) electrons. The predicted octanol–water partition coefficient (Wildman–Crippen LogP) is 7.44. The van der Waals surface area contributed by atoms with Crippen molar-refractivity contribution in [2.75, 3.05) is 13.2 Å². The van der Waals surface area contributed by atoms with Crippen LogP contribution in [0.4, 0.5) is 8.78 Å². The van der Waals surface area contributed by atoms with Crippen molar-refractivity contribution >= 4 is 8.32 Å². The van der Waals surface area contributed by atoms with Crippen LogP contribution in [0, 0.1) is 17.6 Å². The summed E-state index contributed by atoms with van der Waals surface area (Å²) in [7, 11) is -1.54. The van der Waals surface area contributed by atoms with Crippen molar-refractivity contribution in [1.82, 2.24) is 0 Å². The van der Waals surface area contributed by atoms with Gasteiger partial charge in [-0.1, -0.05) is 38.7 Å². The van der Waals surface area contributed by atoms with Crippen molar-refractivity contribution in [3.63, 3.8) is 0 Å². The zero-order valence-electron chi connectivity index (χ0n) is 18.2. The number of hydrogen-bond donors (Lipinski definition) is 0. The van der Waals surface area contributed by atoms with Gasteiger partial charge in [0.25, 0.3) is 0 Å². The highest BCUT2D eigenvalue weighted by molar-refractivity contribution is 6.69. The molecule has 0 bridgehead atoms. The Kier molecular flexibility index (Phi) is 9.41. The fourth-order valence-corrected chi connectivity index (χ4v) is 4.79. The summed E-state index contributed by atoms with van der Waals surface area (Å²) in [4.78, 5) is 0. The third kappa shape index (κ3) is 7.47. The van der Waals surface area contributed by atoms with Crippen molar-refractivity contribution in [2.24, 2.45) is 5.92 Å². The van der Waals surface area contributed by atoms with E-state index in [1.54, 1.807) is 12.1 Å². The molecule has 0 aromatic heterocycles. The van der Waals surface area contributed by atoms with Crippen molar-refractivity contribution in [3.05, 3.63) is 29.3 Å². The van der Waals surface area contributed by atoms with Crippen LogP contribution in [0.15, 0.2) is 12.1 Å². The van der Waals surface area contributed by atoms with E-state index in [0.29, 0.717) is 25.2 Å². The minimum Gasteiger partial charge on any atom is -0.490 e. The Hall–Kier alpha value is -0.943. The van der Waals surface area contributed by atoms with Crippen LogP contribution in [0.3, 0.4) is 0 Å². The van der Waals surface area contributed by atoms with Crippen LogP contribution >= 0.6 is 0 Å². The van der Waals surface area contributed by atoms with E-state index in [4.69, 9.17) is 9.16 Å². The summed E-state index contributed by atoms with van der Waals surface area (Å²) >= 11 is 0. The molecule has 2 rings (SSSR count). The fraction of sp³-hybridized carbons (Fsp3) is 0.739. The van der Waals surface area contributed by atoms with E-state index < -0.39 is 20.0 Å². The summed E-state index contributed by atoms with van der Waals surface area (Å²) in [6, 6.07) is 3.33. The van der Waals surface area contributed by atoms with Gasteiger partial charge in [0, 0.05) is 13.0 Å². The Morgan fingerprint density at radius 3 is 2.29 bits per heavy atom. The van der Waals surface area contributed by atoms with Gasteiger partial charge in [0.15, 0.2) is 19.9 Å². The lowest BCUT2D eigenvalue weighted by atomic mass is 9.77. The number of rotatable bonds is 11. The first-order valence-electron chi connectivity index (χ1n) is 11.1. The maximum Gasteiger partial charge on any atom is 0.200 e. The molecule has 0 unspecified atom stereocenters. The second kappa shape index (κ2) is 11.3. The zero-order chi connectivity index (χ0) is 20.6. The summed E-state index contributed by atoms with van der Waals surface area (Å²) in [5, 5.41) is 0. The van der Waals surface area contributed by atoms with Crippen LogP contribution in [-0.4, -0.2) is 21.5 Å². The number of halogens is 2. The summed E-state index contributed by atoms with van der Waals surface area (Å²) in [6.45, 7) is 9.53. The number of unbranched alkanes of at least 4 members (excludes halogenated alkanes) is 2. The Balaban J connectivity index is 1.83. The molecule has 5 heteroatoms. The van der Waals surface area contributed by atoms with Crippen LogP contribution in [0.2, 0.25) is 19.6 Å². The molecular weight excluding hydrogens is 374 g/mol. The van der Waals surface area contributed by atoms with Crippen LogP contribution in [0.1, 0.15) is 76.2 Å². The first-order valence-corrected chi connectivity index (χ1v) is 14.5. The molecule has 0 N–H and O–H groups in total. The molecule has 1 aromatic carbocycles. The summed E-state index contributed by atoms with van der Waals surface area (Å²) in [5.74, 6) is -0.644. The van der Waals surface area contributed by atoms with Crippen LogP contribution in [0.5, 0.6) is 5.75 Å². The largest absolute Gasteiger partial charge is 0.490 e. The van der Waals surface area contributed by atoms with Gasteiger partial charge in [-0.25, -0.2) is 4.39 Å². The first-order chi connectivity index (χ1) is 13.3. The van der Waals surface area contributed by atoms with E-state index in [9.17, 15) is 8.78 Å². The number of benzene rings is 1. The zero-order valence-corrected chi connectivity index (χ0v) is 19.2. The van der Waals surface area contributed by atoms with E-state index >= 15 is 0 Å². The Labute approximate surface area is 171 Å². The lowest BCUT2D eigenvalue weighted by molar-refractivity contribution is 0.235. The lowest BCUT2D eigenvalue weighted by Gasteiger charge is -2.29. The van der Waals surface area contributed by atoms with E-state index in [-0.39, 0.29) is 11.7 Å². The minimum atomic E-state index is -1.54. The monoisotopic (exact) mass is 412 g/mol. The fourth-order valence-electron chi connectivity index (χ4n) is 4.04. The van der Waals surface area contributed by atoms with Crippen molar-refractivity contribution in [3.8, 4) is 5.75 Å². The highest BCUT2D eigenvalue weighted by Crippen LogP contribution is 2.40. The average molecular weight is 413 g/mol. The number of hydrogen-bond acceptors (Lipinski definition) is 2. The molecule has 0 spiro atoms. The molecule has 1 aliphatic carbocycles. The van der Waals surface area contributed by atoms with Crippen LogP contribution in [-0.2, 0) is 4.43 Å². The predicted molar refractivity (Wildman–Crippen MR) is 115 cm³/mol. The quantitative estimate of drug-likeness (QED) is 0.278. The van der Waals surface area contributed by atoms with Gasteiger partial charge in [0.05, 0.1) is 6.61 Å².